The summed E-state index contributed by atoms with van der Waals surface area (Å²) in [5.74, 6) is 7.17. The van der Waals surface area contributed by atoms with E-state index in [-0.39, 0.29) is 0 Å². The van der Waals surface area contributed by atoms with Crippen molar-refractivity contribution in [3.8, 4) is 11.6 Å². The van der Waals surface area contributed by atoms with E-state index in [9.17, 15) is 0 Å². The fraction of sp³-hybridized carbons (Fsp3) is 0.231. The van der Waals surface area contributed by atoms with E-state index in [0.717, 1.165) is 21.3 Å². The molecule has 20 heavy (non-hydrogen) atoms. The van der Waals surface area contributed by atoms with Gasteiger partial charge in [0.25, 0.3) is 0 Å². The van der Waals surface area contributed by atoms with E-state index in [1.807, 2.05) is 13.8 Å². The van der Waals surface area contributed by atoms with Crippen molar-refractivity contribution in [1.29, 1.82) is 0 Å². The molecule has 0 aliphatic rings. The van der Waals surface area contributed by atoms with Crippen LogP contribution >= 0.6 is 11.3 Å². The topological polar surface area (TPSA) is 89.6 Å². The Kier molecular flexibility index (Phi) is 3.07. The number of hydrogen-bond donors (Lipinski definition) is 2. The van der Waals surface area contributed by atoms with Crippen LogP contribution in [0, 0.1) is 20.8 Å². The molecule has 0 fully saturated rings. The maximum atomic E-state index is 5.59. The summed E-state index contributed by atoms with van der Waals surface area (Å²) in [6.45, 7) is 6.04. The lowest BCUT2D eigenvalue weighted by molar-refractivity contribution is 1.08. The van der Waals surface area contributed by atoms with Gasteiger partial charge in [0, 0.05) is 17.3 Å². The molecule has 0 aliphatic carbocycles. The summed E-state index contributed by atoms with van der Waals surface area (Å²) in [4.78, 5) is 19.6. The van der Waals surface area contributed by atoms with Crippen LogP contribution in [-0.4, -0.2) is 19.9 Å². The molecule has 3 N–H and O–H groups in total. The number of aryl methyl sites for hydroxylation is 3. The van der Waals surface area contributed by atoms with Gasteiger partial charge in [0.1, 0.15) is 4.83 Å². The summed E-state index contributed by atoms with van der Waals surface area (Å²) in [5.41, 5.74) is 4.79. The highest BCUT2D eigenvalue weighted by molar-refractivity contribution is 7.18. The molecular weight excluding hydrogens is 272 g/mol. The van der Waals surface area contributed by atoms with E-state index in [0.29, 0.717) is 17.5 Å². The Morgan fingerprint density at radius 2 is 1.75 bits per heavy atom. The highest BCUT2D eigenvalue weighted by Gasteiger charge is 2.15. The minimum Gasteiger partial charge on any atom is -0.308 e. The summed E-state index contributed by atoms with van der Waals surface area (Å²) in [7, 11) is 0. The second-order valence-electron chi connectivity index (χ2n) is 4.59. The third-order valence-corrected chi connectivity index (χ3v) is 4.25. The van der Waals surface area contributed by atoms with E-state index in [1.165, 1.54) is 4.88 Å². The average Bonchev–Trinajstić information content (AvgIpc) is 2.74. The smallest absolute Gasteiger partial charge is 0.201 e. The number of nitrogens with two attached hydrogens (primary N) is 1. The molecule has 0 bridgehead atoms. The number of nitrogens with one attached hydrogen (secondary N) is 1. The molecule has 0 atom stereocenters. The zero-order chi connectivity index (χ0) is 14.3. The number of nitrogen functional groups attached to an aromatic ring is 1. The highest BCUT2D eigenvalue weighted by atomic mass is 32.1. The van der Waals surface area contributed by atoms with Gasteiger partial charge in [0.05, 0.1) is 5.39 Å². The van der Waals surface area contributed by atoms with Crippen LogP contribution in [0.25, 0.3) is 21.9 Å². The normalized spacial score (nSPS) is 11.0. The standard InChI is InChI=1S/C13H14N6S/c1-6-4-15-11(16-5-6)12-17-10(19-14)9-7(2)8(3)20-13(9)18-12/h4-5H,14H2,1-3H3,(H,17,18,19). The molecule has 3 aromatic heterocycles. The Bertz CT molecular complexity index is 778. The molecule has 0 saturated carbocycles. The molecule has 0 aliphatic heterocycles. The molecule has 0 unspecified atom stereocenters. The first-order valence-corrected chi connectivity index (χ1v) is 6.95. The van der Waals surface area contributed by atoms with Crippen LogP contribution in [0.2, 0.25) is 0 Å². The third kappa shape index (κ3) is 2.00. The van der Waals surface area contributed by atoms with E-state index in [1.54, 1.807) is 23.7 Å². The highest BCUT2D eigenvalue weighted by Crippen LogP contribution is 2.33. The van der Waals surface area contributed by atoms with Crippen molar-refractivity contribution in [3.05, 3.63) is 28.4 Å². The molecule has 102 valence electrons. The van der Waals surface area contributed by atoms with Crippen molar-refractivity contribution >= 4 is 27.4 Å². The molecule has 3 heterocycles. The number of hydrazine groups is 1. The Balaban J connectivity index is 2.25. The van der Waals surface area contributed by atoms with Gasteiger partial charge >= 0.3 is 0 Å². The second-order valence-corrected chi connectivity index (χ2v) is 5.79. The summed E-state index contributed by atoms with van der Waals surface area (Å²) in [5, 5.41) is 0.964. The molecule has 6 nitrogen and oxygen atoms in total. The van der Waals surface area contributed by atoms with Gasteiger partial charge in [-0.05, 0) is 31.9 Å². The molecule has 3 aromatic rings. The number of fused-ring (bicyclic) bond motifs is 1. The fourth-order valence-electron chi connectivity index (χ4n) is 1.96. The number of aromatic nitrogens is 4. The zero-order valence-electron chi connectivity index (χ0n) is 11.4. The zero-order valence-corrected chi connectivity index (χ0v) is 12.2. The number of rotatable bonds is 2. The predicted molar refractivity (Wildman–Crippen MR) is 80.5 cm³/mol. The van der Waals surface area contributed by atoms with E-state index in [2.05, 4.69) is 32.3 Å². The van der Waals surface area contributed by atoms with Gasteiger partial charge in [-0.3, -0.25) is 0 Å². The first-order chi connectivity index (χ1) is 9.60. The predicted octanol–water partition coefficient (Wildman–Crippen LogP) is 2.36. The quantitative estimate of drug-likeness (QED) is 0.555. The van der Waals surface area contributed by atoms with Crippen LogP contribution in [0.3, 0.4) is 0 Å². The summed E-state index contributed by atoms with van der Waals surface area (Å²) >= 11 is 1.62. The fourth-order valence-corrected chi connectivity index (χ4v) is 2.99. The van der Waals surface area contributed by atoms with Gasteiger partial charge < -0.3 is 5.43 Å². The van der Waals surface area contributed by atoms with Crippen LogP contribution in [0.4, 0.5) is 5.82 Å². The van der Waals surface area contributed by atoms with Crippen molar-refractivity contribution in [2.75, 3.05) is 5.43 Å². The second kappa shape index (κ2) is 4.77. The van der Waals surface area contributed by atoms with E-state index < -0.39 is 0 Å². The first kappa shape index (κ1) is 12.9. The molecule has 3 rings (SSSR count). The Morgan fingerprint density at radius 3 is 2.40 bits per heavy atom. The monoisotopic (exact) mass is 286 g/mol. The minimum atomic E-state index is 0.478. The Hall–Kier alpha value is -2.12. The molecule has 0 saturated heterocycles. The van der Waals surface area contributed by atoms with E-state index in [4.69, 9.17) is 5.84 Å². The van der Waals surface area contributed by atoms with Gasteiger partial charge in [0.15, 0.2) is 11.6 Å². The van der Waals surface area contributed by atoms with E-state index >= 15 is 0 Å². The first-order valence-electron chi connectivity index (χ1n) is 6.13. The molecule has 0 amide bonds. The maximum absolute atomic E-state index is 5.59. The minimum absolute atomic E-state index is 0.478. The van der Waals surface area contributed by atoms with Crippen LogP contribution in [-0.2, 0) is 0 Å². The number of anilines is 1. The lowest BCUT2D eigenvalue weighted by Gasteiger charge is -2.05. The molecule has 7 heteroatoms. The largest absolute Gasteiger partial charge is 0.308 e. The van der Waals surface area contributed by atoms with Crippen molar-refractivity contribution in [2.45, 2.75) is 20.8 Å². The summed E-state index contributed by atoms with van der Waals surface area (Å²) in [6, 6.07) is 0. The number of thiophene rings is 1. The van der Waals surface area contributed by atoms with Crippen molar-refractivity contribution in [3.63, 3.8) is 0 Å². The number of nitrogens with zero attached hydrogens (tertiary/aromatic N) is 4. The maximum Gasteiger partial charge on any atom is 0.201 e. The third-order valence-electron chi connectivity index (χ3n) is 3.15. The molecule has 0 spiro atoms. The summed E-state index contributed by atoms with van der Waals surface area (Å²) in [6.07, 6.45) is 3.49. The van der Waals surface area contributed by atoms with Crippen molar-refractivity contribution in [1.82, 2.24) is 19.9 Å². The molecule has 0 aromatic carbocycles. The summed E-state index contributed by atoms with van der Waals surface area (Å²) < 4.78 is 0. The molecular formula is C13H14N6S. The van der Waals surface area contributed by atoms with Gasteiger partial charge in [0.2, 0.25) is 5.82 Å². The molecule has 0 radical (unpaired) electrons. The Labute approximate surface area is 120 Å². The van der Waals surface area contributed by atoms with Crippen LogP contribution in [0.5, 0.6) is 0 Å². The SMILES string of the molecule is Cc1cnc(-c2nc(NN)c3c(C)c(C)sc3n2)nc1. The van der Waals surface area contributed by atoms with Gasteiger partial charge in [-0.25, -0.2) is 25.8 Å². The Morgan fingerprint density at radius 1 is 1.05 bits per heavy atom. The lowest BCUT2D eigenvalue weighted by atomic mass is 10.2. The average molecular weight is 286 g/mol. The van der Waals surface area contributed by atoms with Gasteiger partial charge in [-0.1, -0.05) is 0 Å². The lowest BCUT2D eigenvalue weighted by Crippen LogP contribution is -2.10. The van der Waals surface area contributed by atoms with Crippen LogP contribution in [0.15, 0.2) is 12.4 Å². The van der Waals surface area contributed by atoms with Crippen LogP contribution < -0.4 is 11.3 Å². The number of hydrogen-bond acceptors (Lipinski definition) is 7. The van der Waals surface area contributed by atoms with Gasteiger partial charge in [-0.2, -0.15) is 0 Å². The van der Waals surface area contributed by atoms with Gasteiger partial charge in [-0.15, -0.1) is 11.3 Å². The van der Waals surface area contributed by atoms with Crippen molar-refractivity contribution in [2.24, 2.45) is 5.84 Å². The van der Waals surface area contributed by atoms with Crippen molar-refractivity contribution < 1.29 is 0 Å². The van der Waals surface area contributed by atoms with Crippen LogP contribution in [0.1, 0.15) is 16.0 Å².